The van der Waals surface area contributed by atoms with Gasteiger partial charge in [-0.15, -0.1) is 0 Å². The van der Waals surface area contributed by atoms with E-state index in [9.17, 15) is 9.59 Å². The molecule has 3 aromatic carbocycles. The molecule has 3 rings (SSSR count). The fourth-order valence-electron chi connectivity index (χ4n) is 3.02. The molecule has 6 nitrogen and oxygen atoms in total. The van der Waals surface area contributed by atoms with Gasteiger partial charge in [0.1, 0.15) is 5.75 Å². The summed E-state index contributed by atoms with van der Waals surface area (Å²) in [5.41, 5.74) is 2.75. The van der Waals surface area contributed by atoms with Crippen LogP contribution in [-0.4, -0.2) is 30.6 Å². The van der Waals surface area contributed by atoms with E-state index in [-0.39, 0.29) is 16.9 Å². The van der Waals surface area contributed by atoms with E-state index in [1.165, 1.54) is 6.08 Å². The molecule has 0 aromatic heterocycles. The number of benzene rings is 3. The second-order valence-electron chi connectivity index (χ2n) is 7.06. The molecule has 0 fully saturated rings. The monoisotopic (exact) mass is 459 g/mol. The quantitative estimate of drug-likeness (QED) is 0.389. The fraction of sp³-hybridized carbons (Fsp3) is 0.115. The van der Waals surface area contributed by atoms with Crippen molar-refractivity contribution in [2.45, 2.75) is 6.92 Å². The highest BCUT2D eigenvalue weighted by molar-refractivity contribution is 7.80. The van der Waals surface area contributed by atoms with Crippen molar-refractivity contribution >= 4 is 46.6 Å². The Kier molecular flexibility index (Phi) is 8.32. The molecule has 0 atom stereocenters. The Labute approximate surface area is 198 Å². The third kappa shape index (κ3) is 7.02. The van der Waals surface area contributed by atoms with Crippen molar-refractivity contribution in [3.63, 3.8) is 0 Å². The molecule has 0 aliphatic carbocycles. The van der Waals surface area contributed by atoms with E-state index < -0.39 is 0 Å². The van der Waals surface area contributed by atoms with Gasteiger partial charge in [-0.05, 0) is 73.2 Å². The van der Waals surface area contributed by atoms with E-state index in [0.29, 0.717) is 17.9 Å². The van der Waals surface area contributed by atoms with Crippen LogP contribution in [0.5, 0.6) is 5.75 Å². The van der Waals surface area contributed by atoms with Gasteiger partial charge in [-0.25, -0.2) is 0 Å². The molecule has 2 amide bonds. The number of para-hydroxylation sites is 1. The third-order valence-corrected chi connectivity index (χ3v) is 4.87. The Morgan fingerprint density at radius 1 is 1.00 bits per heavy atom. The summed E-state index contributed by atoms with van der Waals surface area (Å²) in [5, 5.41) is 5.68. The number of nitrogens with one attached hydrogen (secondary N) is 2. The predicted molar refractivity (Wildman–Crippen MR) is 137 cm³/mol. The molecular formula is C26H25N3O3S. The molecule has 0 saturated carbocycles. The van der Waals surface area contributed by atoms with Crippen LogP contribution in [0.1, 0.15) is 22.8 Å². The molecule has 0 heterocycles. The highest BCUT2D eigenvalue weighted by Gasteiger charge is 2.14. The van der Waals surface area contributed by atoms with Gasteiger partial charge in [0.2, 0.25) is 5.91 Å². The van der Waals surface area contributed by atoms with Crippen molar-refractivity contribution in [2.24, 2.45) is 0 Å². The molecule has 33 heavy (non-hydrogen) atoms. The van der Waals surface area contributed by atoms with Crippen molar-refractivity contribution in [1.82, 2.24) is 5.32 Å². The SMILES string of the molecule is CCOc1ccc(/C=C/C(=O)NC(=S)Nc2cccc(C(=O)N(C)c3ccccc3)c2)cc1. The highest BCUT2D eigenvalue weighted by atomic mass is 32.1. The van der Waals surface area contributed by atoms with Crippen LogP contribution >= 0.6 is 12.2 Å². The summed E-state index contributed by atoms with van der Waals surface area (Å²) in [4.78, 5) is 26.6. The summed E-state index contributed by atoms with van der Waals surface area (Å²) in [5.74, 6) is 0.260. The van der Waals surface area contributed by atoms with Crippen LogP contribution in [0.2, 0.25) is 0 Å². The van der Waals surface area contributed by atoms with E-state index >= 15 is 0 Å². The molecule has 0 aliphatic rings. The fourth-order valence-corrected chi connectivity index (χ4v) is 3.24. The van der Waals surface area contributed by atoms with E-state index in [1.807, 2.05) is 61.5 Å². The van der Waals surface area contributed by atoms with Gasteiger partial charge in [-0.2, -0.15) is 0 Å². The Morgan fingerprint density at radius 2 is 1.73 bits per heavy atom. The first-order valence-electron chi connectivity index (χ1n) is 10.4. The molecule has 0 bridgehead atoms. The summed E-state index contributed by atoms with van der Waals surface area (Å²) in [6.07, 6.45) is 3.09. The van der Waals surface area contributed by atoms with Crippen LogP contribution in [0, 0.1) is 0 Å². The van der Waals surface area contributed by atoms with E-state index in [1.54, 1.807) is 42.3 Å². The third-order valence-electron chi connectivity index (χ3n) is 4.67. The predicted octanol–water partition coefficient (Wildman–Crippen LogP) is 4.89. The summed E-state index contributed by atoms with van der Waals surface area (Å²) in [6.45, 7) is 2.52. The zero-order valence-corrected chi connectivity index (χ0v) is 19.3. The maximum absolute atomic E-state index is 12.8. The molecule has 0 unspecified atom stereocenters. The maximum Gasteiger partial charge on any atom is 0.258 e. The van der Waals surface area contributed by atoms with Crippen molar-refractivity contribution < 1.29 is 14.3 Å². The lowest BCUT2D eigenvalue weighted by molar-refractivity contribution is -0.115. The van der Waals surface area contributed by atoms with Crippen LogP contribution in [-0.2, 0) is 4.79 Å². The van der Waals surface area contributed by atoms with Gasteiger partial charge in [0.15, 0.2) is 5.11 Å². The molecule has 3 aromatic rings. The number of rotatable bonds is 7. The number of ether oxygens (including phenoxy) is 1. The summed E-state index contributed by atoms with van der Waals surface area (Å²) in [7, 11) is 1.72. The molecule has 7 heteroatoms. The van der Waals surface area contributed by atoms with Crippen LogP contribution in [0.15, 0.2) is 84.9 Å². The lowest BCUT2D eigenvalue weighted by Crippen LogP contribution is -2.33. The van der Waals surface area contributed by atoms with Gasteiger partial charge in [0, 0.05) is 30.1 Å². The Bertz CT molecular complexity index is 1140. The van der Waals surface area contributed by atoms with Crippen molar-refractivity contribution in [3.8, 4) is 5.75 Å². The molecule has 0 aliphatic heterocycles. The van der Waals surface area contributed by atoms with Gasteiger partial charge in [-0.3, -0.25) is 14.9 Å². The normalized spacial score (nSPS) is 10.5. The van der Waals surface area contributed by atoms with Crippen LogP contribution < -0.4 is 20.3 Å². The maximum atomic E-state index is 12.8. The number of carbonyl (C=O) groups is 2. The summed E-state index contributed by atoms with van der Waals surface area (Å²) < 4.78 is 5.40. The van der Waals surface area contributed by atoms with Crippen LogP contribution in [0.25, 0.3) is 6.08 Å². The second kappa shape index (κ2) is 11.6. The van der Waals surface area contributed by atoms with Gasteiger partial charge in [0.25, 0.3) is 5.91 Å². The van der Waals surface area contributed by atoms with Gasteiger partial charge < -0.3 is 15.0 Å². The zero-order chi connectivity index (χ0) is 23.6. The zero-order valence-electron chi connectivity index (χ0n) is 18.4. The lowest BCUT2D eigenvalue weighted by Gasteiger charge is -2.18. The van der Waals surface area contributed by atoms with Gasteiger partial charge in [-0.1, -0.05) is 36.4 Å². The standard InChI is InChI=1S/C26H25N3O3S/c1-3-32-23-15-12-19(13-16-23)14-17-24(30)28-26(33)27-21-9-7-8-20(18-21)25(31)29(2)22-10-5-4-6-11-22/h4-18H,3H2,1-2H3,(H2,27,28,30,33)/b17-14+. The minimum atomic E-state index is -0.363. The van der Waals surface area contributed by atoms with E-state index in [4.69, 9.17) is 17.0 Å². The number of thiocarbonyl (C=S) groups is 1. The minimum absolute atomic E-state index is 0.136. The molecule has 168 valence electrons. The summed E-state index contributed by atoms with van der Waals surface area (Å²) in [6, 6.07) is 23.7. The minimum Gasteiger partial charge on any atom is -0.494 e. The molecule has 2 N–H and O–H groups in total. The van der Waals surface area contributed by atoms with Crippen LogP contribution in [0.3, 0.4) is 0 Å². The van der Waals surface area contributed by atoms with Crippen molar-refractivity contribution in [1.29, 1.82) is 0 Å². The average Bonchev–Trinajstić information content (AvgIpc) is 2.83. The number of hydrogen-bond donors (Lipinski definition) is 2. The molecule has 0 spiro atoms. The van der Waals surface area contributed by atoms with Gasteiger partial charge in [0.05, 0.1) is 6.61 Å². The van der Waals surface area contributed by atoms with Crippen molar-refractivity contribution in [3.05, 3.63) is 96.1 Å². The molecular weight excluding hydrogens is 434 g/mol. The Hall–Kier alpha value is -3.97. The summed E-state index contributed by atoms with van der Waals surface area (Å²) >= 11 is 5.24. The first kappa shape index (κ1) is 23.7. The lowest BCUT2D eigenvalue weighted by atomic mass is 10.1. The number of hydrogen-bond acceptors (Lipinski definition) is 4. The second-order valence-corrected chi connectivity index (χ2v) is 7.47. The van der Waals surface area contributed by atoms with E-state index in [2.05, 4.69) is 10.6 Å². The average molecular weight is 460 g/mol. The van der Waals surface area contributed by atoms with E-state index in [0.717, 1.165) is 17.0 Å². The topological polar surface area (TPSA) is 70.7 Å². The highest BCUT2D eigenvalue weighted by Crippen LogP contribution is 2.17. The first-order valence-corrected chi connectivity index (χ1v) is 10.8. The molecule has 0 radical (unpaired) electrons. The van der Waals surface area contributed by atoms with Crippen molar-refractivity contribution in [2.75, 3.05) is 23.9 Å². The molecule has 0 saturated heterocycles. The smallest absolute Gasteiger partial charge is 0.258 e. The largest absolute Gasteiger partial charge is 0.494 e. The Balaban J connectivity index is 1.56. The number of nitrogens with zero attached hydrogens (tertiary/aromatic N) is 1. The van der Waals surface area contributed by atoms with Crippen LogP contribution in [0.4, 0.5) is 11.4 Å². The first-order chi connectivity index (χ1) is 16.0. The number of amides is 2. The Morgan fingerprint density at radius 3 is 2.42 bits per heavy atom. The number of carbonyl (C=O) groups excluding carboxylic acids is 2. The number of anilines is 2. The van der Waals surface area contributed by atoms with Gasteiger partial charge >= 0.3 is 0 Å².